The molecule has 1 atom stereocenters. The summed E-state index contributed by atoms with van der Waals surface area (Å²) in [5.74, 6) is -2.25. The van der Waals surface area contributed by atoms with Crippen molar-refractivity contribution in [2.45, 2.75) is 19.4 Å². The SMILES string of the molecule is CCC(Oc1c(F)cccc1C=O)C(=O)O. The molecule has 0 bridgehead atoms. The molecule has 1 unspecified atom stereocenters. The Bertz CT molecular complexity index is 403. The van der Waals surface area contributed by atoms with Gasteiger partial charge in [-0.3, -0.25) is 4.79 Å². The zero-order chi connectivity index (χ0) is 12.1. The fourth-order valence-electron chi connectivity index (χ4n) is 1.19. The molecule has 4 nitrogen and oxygen atoms in total. The molecule has 0 heterocycles. The van der Waals surface area contributed by atoms with Gasteiger partial charge in [-0.25, -0.2) is 9.18 Å². The van der Waals surface area contributed by atoms with Gasteiger partial charge in [-0.15, -0.1) is 0 Å². The maximum Gasteiger partial charge on any atom is 0.344 e. The summed E-state index contributed by atoms with van der Waals surface area (Å²) in [6.45, 7) is 1.60. The average molecular weight is 226 g/mol. The van der Waals surface area contributed by atoms with Crippen molar-refractivity contribution < 1.29 is 23.8 Å². The summed E-state index contributed by atoms with van der Waals surface area (Å²) in [6, 6.07) is 3.82. The van der Waals surface area contributed by atoms with Crippen LogP contribution in [-0.2, 0) is 4.79 Å². The first-order valence-corrected chi connectivity index (χ1v) is 4.73. The van der Waals surface area contributed by atoms with Crippen molar-refractivity contribution in [3.05, 3.63) is 29.6 Å². The summed E-state index contributed by atoms with van der Waals surface area (Å²) >= 11 is 0. The number of benzene rings is 1. The molecule has 0 aromatic heterocycles. The maximum absolute atomic E-state index is 13.3. The topological polar surface area (TPSA) is 63.6 Å². The molecular weight excluding hydrogens is 215 g/mol. The predicted octanol–water partition coefficient (Wildman–Crippen LogP) is 1.88. The van der Waals surface area contributed by atoms with E-state index in [4.69, 9.17) is 9.84 Å². The van der Waals surface area contributed by atoms with Crippen molar-refractivity contribution in [1.82, 2.24) is 0 Å². The lowest BCUT2D eigenvalue weighted by molar-refractivity contribution is -0.145. The van der Waals surface area contributed by atoms with E-state index in [1.807, 2.05) is 0 Å². The molecule has 16 heavy (non-hydrogen) atoms. The predicted molar refractivity (Wildman–Crippen MR) is 54.1 cm³/mol. The van der Waals surface area contributed by atoms with Gasteiger partial charge < -0.3 is 9.84 Å². The lowest BCUT2D eigenvalue weighted by Gasteiger charge is -2.14. The van der Waals surface area contributed by atoms with Gasteiger partial charge in [0.2, 0.25) is 0 Å². The summed E-state index contributed by atoms with van der Waals surface area (Å²) in [7, 11) is 0. The normalized spacial score (nSPS) is 11.9. The van der Waals surface area contributed by atoms with Gasteiger partial charge in [0.15, 0.2) is 24.0 Å². The molecule has 0 spiro atoms. The Kier molecular flexibility index (Phi) is 3.99. The first-order valence-electron chi connectivity index (χ1n) is 4.73. The Morgan fingerprint density at radius 2 is 2.31 bits per heavy atom. The number of halogens is 1. The number of carbonyl (C=O) groups is 2. The highest BCUT2D eigenvalue weighted by Crippen LogP contribution is 2.23. The van der Waals surface area contributed by atoms with Crippen molar-refractivity contribution >= 4 is 12.3 Å². The molecule has 0 fully saturated rings. The Morgan fingerprint density at radius 3 is 2.81 bits per heavy atom. The number of aldehydes is 1. The molecule has 0 aliphatic carbocycles. The van der Waals surface area contributed by atoms with Crippen LogP contribution in [0.15, 0.2) is 18.2 Å². The highest BCUT2D eigenvalue weighted by atomic mass is 19.1. The zero-order valence-corrected chi connectivity index (χ0v) is 8.64. The smallest absolute Gasteiger partial charge is 0.344 e. The quantitative estimate of drug-likeness (QED) is 0.778. The molecule has 0 amide bonds. The maximum atomic E-state index is 13.3. The molecular formula is C11H11FO4. The van der Waals surface area contributed by atoms with E-state index in [1.54, 1.807) is 6.92 Å². The van der Waals surface area contributed by atoms with Crippen LogP contribution in [0.3, 0.4) is 0 Å². The lowest BCUT2D eigenvalue weighted by atomic mass is 10.2. The van der Waals surface area contributed by atoms with E-state index >= 15 is 0 Å². The van der Waals surface area contributed by atoms with Crippen LogP contribution in [0.2, 0.25) is 0 Å². The van der Waals surface area contributed by atoms with E-state index in [0.717, 1.165) is 6.07 Å². The molecule has 5 heteroatoms. The van der Waals surface area contributed by atoms with Crippen molar-refractivity contribution in [1.29, 1.82) is 0 Å². The van der Waals surface area contributed by atoms with E-state index in [0.29, 0.717) is 6.29 Å². The number of hydrogen-bond donors (Lipinski definition) is 1. The largest absolute Gasteiger partial charge is 0.479 e. The molecule has 0 saturated heterocycles. The lowest BCUT2D eigenvalue weighted by Crippen LogP contribution is -2.26. The molecule has 1 aromatic carbocycles. The number of carbonyl (C=O) groups excluding carboxylic acids is 1. The highest BCUT2D eigenvalue weighted by Gasteiger charge is 2.20. The number of rotatable bonds is 5. The monoisotopic (exact) mass is 226 g/mol. The molecule has 86 valence electrons. The van der Waals surface area contributed by atoms with Crippen molar-refractivity contribution in [2.24, 2.45) is 0 Å². The van der Waals surface area contributed by atoms with Gasteiger partial charge >= 0.3 is 5.97 Å². The van der Waals surface area contributed by atoms with Crippen LogP contribution < -0.4 is 4.74 Å². The van der Waals surface area contributed by atoms with E-state index < -0.39 is 17.9 Å². The summed E-state index contributed by atoms with van der Waals surface area (Å²) in [6.07, 6.45) is -0.551. The van der Waals surface area contributed by atoms with E-state index in [2.05, 4.69) is 0 Å². The van der Waals surface area contributed by atoms with Gasteiger partial charge in [-0.2, -0.15) is 0 Å². The third-order valence-corrected chi connectivity index (χ3v) is 2.03. The minimum atomic E-state index is -1.19. The molecule has 1 N–H and O–H groups in total. The summed E-state index contributed by atoms with van der Waals surface area (Å²) in [5, 5.41) is 8.75. The van der Waals surface area contributed by atoms with Gasteiger partial charge in [0.25, 0.3) is 0 Å². The van der Waals surface area contributed by atoms with Gasteiger partial charge in [-0.1, -0.05) is 13.0 Å². The van der Waals surface area contributed by atoms with Crippen LogP contribution in [-0.4, -0.2) is 23.5 Å². The zero-order valence-electron chi connectivity index (χ0n) is 8.64. The van der Waals surface area contributed by atoms with Crippen LogP contribution in [0.1, 0.15) is 23.7 Å². The van der Waals surface area contributed by atoms with Gasteiger partial charge in [0, 0.05) is 0 Å². The Labute approximate surface area is 91.7 Å². The first kappa shape index (κ1) is 12.2. The number of para-hydroxylation sites is 1. The van der Waals surface area contributed by atoms with Gasteiger partial charge in [-0.05, 0) is 18.6 Å². The Morgan fingerprint density at radius 1 is 1.62 bits per heavy atom. The summed E-state index contributed by atoms with van der Waals surface area (Å²) in [4.78, 5) is 21.3. The van der Waals surface area contributed by atoms with E-state index in [1.165, 1.54) is 12.1 Å². The van der Waals surface area contributed by atoms with Crippen LogP contribution in [0.5, 0.6) is 5.75 Å². The first-order chi connectivity index (χ1) is 7.60. The minimum Gasteiger partial charge on any atom is -0.479 e. The molecule has 0 saturated carbocycles. The van der Waals surface area contributed by atoms with Crippen molar-refractivity contribution in [2.75, 3.05) is 0 Å². The number of aliphatic carboxylic acids is 1. The van der Waals surface area contributed by atoms with Crippen molar-refractivity contribution in [3.8, 4) is 5.75 Å². The Balaban J connectivity index is 3.03. The molecule has 0 aliphatic heterocycles. The fourth-order valence-corrected chi connectivity index (χ4v) is 1.19. The van der Waals surface area contributed by atoms with E-state index in [-0.39, 0.29) is 17.7 Å². The summed E-state index contributed by atoms with van der Waals surface area (Å²) < 4.78 is 18.3. The average Bonchev–Trinajstić information content (AvgIpc) is 2.26. The minimum absolute atomic E-state index is 0.000278. The third-order valence-electron chi connectivity index (χ3n) is 2.03. The van der Waals surface area contributed by atoms with Crippen LogP contribution in [0.25, 0.3) is 0 Å². The molecule has 1 rings (SSSR count). The fraction of sp³-hybridized carbons (Fsp3) is 0.273. The van der Waals surface area contributed by atoms with Crippen LogP contribution in [0.4, 0.5) is 4.39 Å². The Hall–Kier alpha value is -1.91. The number of ether oxygens (including phenoxy) is 1. The second kappa shape index (κ2) is 5.25. The van der Waals surface area contributed by atoms with Gasteiger partial charge in [0.05, 0.1) is 5.56 Å². The molecule has 0 radical (unpaired) electrons. The van der Waals surface area contributed by atoms with Gasteiger partial charge in [0.1, 0.15) is 0 Å². The van der Waals surface area contributed by atoms with Crippen LogP contribution >= 0.6 is 0 Å². The molecule has 0 aliphatic rings. The standard InChI is InChI=1S/C11H11FO4/c1-2-9(11(14)15)16-10-7(6-13)4-3-5-8(10)12/h3-6,9H,2H2,1H3,(H,14,15). The van der Waals surface area contributed by atoms with Crippen LogP contribution in [0, 0.1) is 5.82 Å². The van der Waals surface area contributed by atoms with E-state index in [9.17, 15) is 14.0 Å². The highest BCUT2D eigenvalue weighted by molar-refractivity contribution is 5.80. The van der Waals surface area contributed by atoms with Crippen molar-refractivity contribution in [3.63, 3.8) is 0 Å². The number of carboxylic acid groups (broad SMARTS) is 1. The summed E-state index contributed by atoms with van der Waals surface area (Å²) in [5.41, 5.74) is -0.000278. The second-order valence-corrected chi connectivity index (χ2v) is 3.13. The second-order valence-electron chi connectivity index (χ2n) is 3.13. The number of hydrogen-bond acceptors (Lipinski definition) is 3. The molecule has 1 aromatic rings. The number of carboxylic acids is 1. The third kappa shape index (κ3) is 2.56.